The van der Waals surface area contributed by atoms with Crippen molar-refractivity contribution in [3.8, 4) is 6.07 Å². The van der Waals surface area contributed by atoms with Gasteiger partial charge in [0.05, 0.1) is 7.11 Å². The van der Waals surface area contributed by atoms with Crippen molar-refractivity contribution >= 4 is 5.97 Å². The maximum Gasteiger partial charge on any atom is 0.359 e. The van der Waals surface area contributed by atoms with Gasteiger partial charge < -0.3 is 4.74 Å². The summed E-state index contributed by atoms with van der Waals surface area (Å²) in [4.78, 5) is 14.3. The minimum absolute atomic E-state index is 0.0261. The summed E-state index contributed by atoms with van der Waals surface area (Å²) in [7, 11) is 1.11. The van der Waals surface area contributed by atoms with Gasteiger partial charge in [-0.3, -0.25) is 0 Å². The van der Waals surface area contributed by atoms with Crippen LogP contribution in [0.25, 0.3) is 0 Å². The molecule has 0 saturated heterocycles. The minimum atomic E-state index is -0.894. The third-order valence-corrected chi connectivity index (χ3v) is 1.34. The van der Waals surface area contributed by atoms with Crippen LogP contribution in [0, 0.1) is 17.1 Å². The van der Waals surface area contributed by atoms with Gasteiger partial charge in [-0.1, -0.05) is 0 Å². The van der Waals surface area contributed by atoms with Crippen LogP contribution in [-0.4, -0.2) is 18.1 Å². The first kappa shape index (κ1) is 9.13. The third kappa shape index (κ3) is 1.79. The van der Waals surface area contributed by atoms with Gasteiger partial charge in [0.2, 0.25) is 0 Å². The summed E-state index contributed by atoms with van der Waals surface area (Å²) in [5.74, 6) is -1.69. The minimum Gasteiger partial charge on any atom is -0.464 e. The standard InChI is InChI=1S/C8H5FN2O2/c1-13-8(12)7-6(9)3-2-5(4-10)11-7/h2-3H,1H3. The second-order valence-electron chi connectivity index (χ2n) is 2.13. The average molecular weight is 180 g/mol. The summed E-state index contributed by atoms with van der Waals surface area (Å²) in [6.45, 7) is 0. The van der Waals surface area contributed by atoms with Gasteiger partial charge >= 0.3 is 5.97 Å². The van der Waals surface area contributed by atoms with E-state index in [1.165, 1.54) is 6.07 Å². The van der Waals surface area contributed by atoms with Crippen LogP contribution in [0.1, 0.15) is 16.2 Å². The Morgan fingerprint density at radius 2 is 2.38 bits per heavy atom. The monoisotopic (exact) mass is 180 g/mol. The molecule has 0 radical (unpaired) electrons. The number of aromatic nitrogens is 1. The Hall–Kier alpha value is -1.96. The van der Waals surface area contributed by atoms with E-state index in [4.69, 9.17) is 5.26 Å². The Morgan fingerprint density at radius 3 is 2.92 bits per heavy atom. The maximum atomic E-state index is 12.9. The van der Waals surface area contributed by atoms with Gasteiger partial charge in [0.1, 0.15) is 11.8 Å². The molecule has 0 bridgehead atoms. The topological polar surface area (TPSA) is 63.0 Å². The van der Waals surface area contributed by atoms with Crippen molar-refractivity contribution in [2.45, 2.75) is 0 Å². The zero-order valence-electron chi connectivity index (χ0n) is 6.74. The van der Waals surface area contributed by atoms with Crippen LogP contribution in [0.2, 0.25) is 0 Å². The lowest BCUT2D eigenvalue weighted by Crippen LogP contribution is -2.08. The molecule has 0 saturated carbocycles. The van der Waals surface area contributed by atoms with Gasteiger partial charge in [-0.2, -0.15) is 5.26 Å². The van der Waals surface area contributed by atoms with Crippen molar-refractivity contribution in [2.75, 3.05) is 7.11 Å². The van der Waals surface area contributed by atoms with Gasteiger partial charge in [-0.15, -0.1) is 0 Å². The fourth-order valence-corrected chi connectivity index (χ4v) is 0.744. The van der Waals surface area contributed by atoms with Crippen LogP contribution in [0.5, 0.6) is 0 Å². The molecule has 1 aromatic rings. The number of hydrogen-bond donors (Lipinski definition) is 0. The average Bonchev–Trinajstić information content (AvgIpc) is 2.17. The number of halogens is 1. The molecule has 0 atom stereocenters. The number of methoxy groups -OCH3 is 1. The number of carbonyl (C=O) groups excluding carboxylic acids is 1. The van der Waals surface area contributed by atoms with Crippen molar-refractivity contribution in [1.82, 2.24) is 4.98 Å². The Kier molecular flexibility index (Phi) is 2.55. The molecule has 4 nitrogen and oxygen atoms in total. The van der Waals surface area contributed by atoms with Crippen LogP contribution in [-0.2, 0) is 4.74 Å². The van der Waals surface area contributed by atoms with Crippen LogP contribution in [0.15, 0.2) is 12.1 Å². The molecular weight excluding hydrogens is 175 g/mol. The van der Waals surface area contributed by atoms with Crippen molar-refractivity contribution in [3.05, 3.63) is 29.3 Å². The molecule has 1 heterocycles. The lowest BCUT2D eigenvalue weighted by Gasteiger charge is -1.99. The van der Waals surface area contributed by atoms with E-state index in [0.29, 0.717) is 0 Å². The van der Waals surface area contributed by atoms with E-state index in [9.17, 15) is 9.18 Å². The summed E-state index contributed by atoms with van der Waals surface area (Å²) in [6.07, 6.45) is 0. The predicted molar refractivity (Wildman–Crippen MR) is 40.2 cm³/mol. The van der Waals surface area contributed by atoms with Gasteiger partial charge in [0, 0.05) is 0 Å². The highest BCUT2D eigenvalue weighted by Gasteiger charge is 2.14. The number of hydrogen-bond acceptors (Lipinski definition) is 4. The fraction of sp³-hybridized carbons (Fsp3) is 0.125. The zero-order chi connectivity index (χ0) is 9.84. The van der Waals surface area contributed by atoms with Gasteiger partial charge in [0.25, 0.3) is 0 Å². The number of rotatable bonds is 1. The molecule has 0 amide bonds. The number of nitrogens with zero attached hydrogens (tertiary/aromatic N) is 2. The first-order chi connectivity index (χ1) is 6.19. The normalized spacial score (nSPS) is 9.00. The Morgan fingerprint density at radius 1 is 1.69 bits per heavy atom. The summed E-state index contributed by atoms with van der Waals surface area (Å²) >= 11 is 0. The summed E-state index contributed by atoms with van der Waals surface area (Å²) in [5.41, 5.74) is -0.497. The van der Waals surface area contributed by atoms with E-state index in [2.05, 4.69) is 9.72 Å². The highest BCUT2D eigenvalue weighted by molar-refractivity contribution is 5.87. The van der Waals surface area contributed by atoms with E-state index in [1.54, 1.807) is 6.07 Å². The van der Waals surface area contributed by atoms with Crippen molar-refractivity contribution in [1.29, 1.82) is 5.26 Å². The second kappa shape index (κ2) is 3.63. The van der Waals surface area contributed by atoms with Crippen LogP contribution >= 0.6 is 0 Å². The lowest BCUT2D eigenvalue weighted by atomic mass is 10.3. The number of ether oxygens (including phenoxy) is 1. The molecule has 0 aliphatic heterocycles. The molecule has 66 valence electrons. The number of carbonyl (C=O) groups is 1. The highest BCUT2D eigenvalue weighted by Crippen LogP contribution is 2.06. The van der Waals surface area contributed by atoms with E-state index < -0.39 is 17.5 Å². The zero-order valence-corrected chi connectivity index (χ0v) is 6.74. The number of nitriles is 1. The Balaban J connectivity index is 3.20. The van der Waals surface area contributed by atoms with Gasteiger partial charge in [-0.05, 0) is 12.1 Å². The quantitative estimate of drug-likeness (QED) is 0.602. The first-order valence-electron chi connectivity index (χ1n) is 3.34. The molecule has 13 heavy (non-hydrogen) atoms. The molecule has 0 aliphatic carbocycles. The van der Waals surface area contributed by atoms with E-state index >= 15 is 0 Å². The Bertz CT molecular complexity index is 384. The molecular formula is C8H5FN2O2. The molecule has 0 N–H and O–H groups in total. The van der Waals surface area contributed by atoms with Gasteiger partial charge in [-0.25, -0.2) is 14.2 Å². The molecule has 0 aliphatic rings. The first-order valence-corrected chi connectivity index (χ1v) is 3.34. The maximum absolute atomic E-state index is 12.9. The van der Waals surface area contributed by atoms with Crippen LogP contribution in [0.3, 0.4) is 0 Å². The molecule has 0 unspecified atom stereocenters. The van der Waals surface area contributed by atoms with Crippen LogP contribution in [0.4, 0.5) is 4.39 Å². The van der Waals surface area contributed by atoms with Gasteiger partial charge in [0.15, 0.2) is 11.5 Å². The number of pyridine rings is 1. The predicted octanol–water partition coefficient (Wildman–Crippen LogP) is 0.879. The fourth-order valence-electron chi connectivity index (χ4n) is 0.744. The largest absolute Gasteiger partial charge is 0.464 e. The molecule has 0 fully saturated rings. The van der Waals surface area contributed by atoms with Crippen LogP contribution < -0.4 is 0 Å². The molecule has 0 spiro atoms. The smallest absolute Gasteiger partial charge is 0.359 e. The number of esters is 1. The van der Waals surface area contributed by atoms with E-state index in [1.807, 2.05) is 0 Å². The SMILES string of the molecule is COC(=O)c1nc(C#N)ccc1F. The van der Waals surface area contributed by atoms with E-state index in [0.717, 1.165) is 13.2 Å². The highest BCUT2D eigenvalue weighted by atomic mass is 19.1. The molecule has 1 rings (SSSR count). The summed E-state index contributed by atoms with van der Waals surface area (Å²) < 4.78 is 17.1. The Labute approximate surface area is 73.6 Å². The molecule has 1 aromatic heterocycles. The molecule has 5 heteroatoms. The van der Waals surface area contributed by atoms with Crippen molar-refractivity contribution in [3.63, 3.8) is 0 Å². The second-order valence-corrected chi connectivity index (χ2v) is 2.13. The summed E-state index contributed by atoms with van der Waals surface area (Å²) in [5, 5.41) is 8.42. The lowest BCUT2D eigenvalue weighted by molar-refractivity contribution is 0.0588. The summed E-state index contributed by atoms with van der Waals surface area (Å²) in [6, 6.07) is 3.87. The van der Waals surface area contributed by atoms with Crippen molar-refractivity contribution in [2.24, 2.45) is 0 Å². The molecule has 0 aromatic carbocycles. The van der Waals surface area contributed by atoms with E-state index in [-0.39, 0.29) is 5.69 Å². The third-order valence-electron chi connectivity index (χ3n) is 1.34. The van der Waals surface area contributed by atoms with Crippen molar-refractivity contribution < 1.29 is 13.9 Å².